The maximum atomic E-state index is 13.4. The van der Waals surface area contributed by atoms with Crippen molar-refractivity contribution >= 4 is 26.9 Å². The van der Waals surface area contributed by atoms with Gasteiger partial charge in [-0.1, -0.05) is 48.5 Å². The van der Waals surface area contributed by atoms with Gasteiger partial charge in [0.2, 0.25) is 0 Å². The molecule has 0 unspecified atom stereocenters. The van der Waals surface area contributed by atoms with E-state index in [-0.39, 0.29) is 10.6 Å². The molecule has 0 spiro atoms. The first-order valence-electron chi connectivity index (χ1n) is 10.5. The van der Waals surface area contributed by atoms with Gasteiger partial charge in [0.15, 0.2) is 5.65 Å². The van der Waals surface area contributed by atoms with Crippen LogP contribution in [0.3, 0.4) is 0 Å². The molecule has 0 aliphatic carbocycles. The van der Waals surface area contributed by atoms with Gasteiger partial charge in [0.1, 0.15) is 17.6 Å². The first-order valence-corrected chi connectivity index (χ1v) is 12.0. The first-order chi connectivity index (χ1) is 16.6. The number of nitrogens with zero attached hydrogens (tertiary/aromatic N) is 4. The Morgan fingerprint density at radius 3 is 2.41 bits per heavy atom. The second-order valence-corrected chi connectivity index (χ2v) is 9.42. The summed E-state index contributed by atoms with van der Waals surface area (Å²) in [5.41, 5.74) is 2.92. The van der Waals surface area contributed by atoms with Crippen LogP contribution < -0.4 is 5.32 Å². The van der Waals surface area contributed by atoms with Crippen molar-refractivity contribution in [2.75, 3.05) is 5.32 Å². The third kappa shape index (κ3) is 4.00. The molecule has 0 saturated carbocycles. The number of fused-ring (bicyclic) bond motifs is 1. The number of pyridine rings is 2. The van der Waals surface area contributed by atoms with E-state index in [0.29, 0.717) is 34.5 Å². The van der Waals surface area contributed by atoms with Crippen molar-refractivity contribution in [1.82, 2.24) is 13.9 Å². The summed E-state index contributed by atoms with van der Waals surface area (Å²) < 4.78 is 28.0. The molecule has 8 heteroatoms. The number of anilines is 1. The molecule has 166 valence electrons. The Kier molecular flexibility index (Phi) is 5.54. The molecular weight excluding hydrogens is 446 g/mol. The molecule has 0 bridgehead atoms. The zero-order valence-corrected chi connectivity index (χ0v) is 18.8. The molecule has 0 aliphatic heterocycles. The van der Waals surface area contributed by atoms with E-state index in [1.165, 1.54) is 3.97 Å². The molecule has 0 atom stereocenters. The summed E-state index contributed by atoms with van der Waals surface area (Å²) in [4.78, 5) is 8.88. The summed E-state index contributed by atoms with van der Waals surface area (Å²) in [6.45, 7) is 0.536. The van der Waals surface area contributed by atoms with Gasteiger partial charge in [-0.3, -0.25) is 0 Å². The maximum Gasteiger partial charge on any atom is 0.269 e. The number of nitrogens with one attached hydrogen (secondary N) is 1. The van der Waals surface area contributed by atoms with Crippen molar-refractivity contribution in [3.63, 3.8) is 0 Å². The number of nitriles is 1. The number of rotatable bonds is 6. The third-order valence-corrected chi connectivity index (χ3v) is 7.06. The lowest BCUT2D eigenvalue weighted by atomic mass is 10.1. The Morgan fingerprint density at radius 2 is 1.68 bits per heavy atom. The quantitative estimate of drug-likeness (QED) is 0.386. The van der Waals surface area contributed by atoms with Crippen LogP contribution in [0.4, 0.5) is 5.82 Å². The van der Waals surface area contributed by atoms with Crippen molar-refractivity contribution in [2.45, 2.75) is 11.4 Å². The van der Waals surface area contributed by atoms with Crippen molar-refractivity contribution < 1.29 is 8.42 Å². The second-order valence-electron chi connectivity index (χ2n) is 7.61. The van der Waals surface area contributed by atoms with Gasteiger partial charge in [-0.15, -0.1) is 0 Å². The molecule has 0 aliphatic rings. The van der Waals surface area contributed by atoms with Gasteiger partial charge in [-0.05, 0) is 47.5 Å². The highest BCUT2D eigenvalue weighted by molar-refractivity contribution is 7.90. The van der Waals surface area contributed by atoms with Crippen LogP contribution in [0.1, 0.15) is 11.3 Å². The summed E-state index contributed by atoms with van der Waals surface area (Å²) >= 11 is 0. The van der Waals surface area contributed by atoms with E-state index in [1.54, 1.807) is 54.9 Å². The van der Waals surface area contributed by atoms with Crippen molar-refractivity contribution in [3.05, 3.63) is 109 Å². The van der Waals surface area contributed by atoms with E-state index < -0.39 is 10.0 Å². The van der Waals surface area contributed by atoms with E-state index in [1.807, 2.05) is 42.5 Å². The Labute approximate surface area is 197 Å². The van der Waals surface area contributed by atoms with Crippen LogP contribution in [0.25, 0.3) is 22.2 Å². The molecule has 2 aromatic carbocycles. The lowest BCUT2D eigenvalue weighted by Crippen LogP contribution is -2.12. The Morgan fingerprint density at radius 1 is 0.941 bits per heavy atom. The summed E-state index contributed by atoms with van der Waals surface area (Å²) in [7, 11) is -3.87. The molecule has 3 aromatic heterocycles. The van der Waals surface area contributed by atoms with E-state index >= 15 is 0 Å². The molecule has 0 saturated heterocycles. The highest BCUT2D eigenvalue weighted by Crippen LogP contribution is 2.33. The van der Waals surface area contributed by atoms with Gasteiger partial charge in [0, 0.05) is 29.9 Å². The highest BCUT2D eigenvalue weighted by Gasteiger charge is 2.23. The minimum absolute atomic E-state index is 0.168. The van der Waals surface area contributed by atoms with Gasteiger partial charge in [-0.25, -0.2) is 22.4 Å². The maximum absolute atomic E-state index is 13.4. The average molecular weight is 466 g/mol. The van der Waals surface area contributed by atoms with Gasteiger partial charge >= 0.3 is 0 Å². The van der Waals surface area contributed by atoms with Crippen LogP contribution in [0.2, 0.25) is 0 Å². The SMILES string of the molecule is N#Cc1cc(-c2cn(S(=O)(=O)c3ccccc3)c3ncccc23)cc(NCc2ccccc2)n1. The Bertz CT molecular complexity index is 1620. The van der Waals surface area contributed by atoms with Crippen LogP contribution in [0.15, 0.2) is 102 Å². The zero-order chi connectivity index (χ0) is 23.5. The average Bonchev–Trinajstić information content (AvgIpc) is 3.29. The third-order valence-electron chi connectivity index (χ3n) is 5.40. The predicted molar refractivity (Wildman–Crippen MR) is 130 cm³/mol. The van der Waals surface area contributed by atoms with E-state index in [0.717, 1.165) is 5.56 Å². The minimum atomic E-state index is -3.87. The molecule has 5 rings (SSSR count). The van der Waals surface area contributed by atoms with Crippen LogP contribution >= 0.6 is 0 Å². The fourth-order valence-corrected chi connectivity index (χ4v) is 5.12. The second kappa shape index (κ2) is 8.81. The zero-order valence-electron chi connectivity index (χ0n) is 18.0. The number of hydrogen-bond donors (Lipinski definition) is 1. The Hall–Kier alpha value is -4.48. The van der Waals surface area contributed by atoms with Gasteiger partial charge in [-0.2, -0.15) is 5.26 Å². The largest absolute Gasteiger partial charge is 0.366 e. The van der Waals surface area contributed by atoms with Crippen LogP contribution in [0, 0.1) is 11.3 Å². The number of hydrogen-bond acceptors (Lipinski definition) is 6. The lowest BCUT2D eigenvalue weighted by Gasteiger charge is -2.08. The van der Waals surface area contributed by atoms with E-state index in [4.69, 9.17) is 0 Å². The monoisotopic (exact) mass is 465 g/mol. The fraction of sp³-hybridized carbons (Fsp3) is 0.0385. The summed E-state index contributed by atoms with van der Waals surface area (Å²) in [6, 6.07) is 27.2. The Balaban J connectivity index is 1.62. The molecule has 34 heavy (non-hydrogen) atoms. The first kappa shape index (κ1) is 21.4. The normalized spacial score (nSPS) is 11.3. The summed E-state index contributed by atoms with van der Waals surface area (Å²) in [6.07, 6.45) is 3.11. The standard InChI is InChI=1S/C26H19N5O2S/c27-16-21-14-20(15-25(30-21)29-17-19-8-3-1-4-9-19)24-18-31(26-23(24)12-7-13-28-26)34(32,33)22-10-5-2-6-11-22/h1-15,18H,17H2,(H,29,30). The van der Waals surface area contributed by atoms with E-state index in [2.05, 4.69) is 21.4 Å². The molecule has 5 aromatic rings. The molecule has 7 nitrogen and oxygen atoms in total. The van der Waals surface area contributed by atoms with Crippen molar-refractivity contribution in [2.24, 2.45) is 0 Å². The van der Waals surface area contributed by atoms with Crippen LogP contribution in [-0.2, 0) is 16.6 Å². The fourth-order valence-electron chi connectivity index (χ4n) is 3.77. The van der Waals surface area contributed by atoms with Crippen LogP contribution in [-0.4, -0.2) is 22.4 Å². The molecular formula is C26H19N5O2S. The topological polar surface area (TPSA) is 101 Å². The lowest BCUT2D eigenvalue weighted by molar-refractivity contribution is 0.589. The molecule has 0 fully saturated rings. The van der Waals surface area contributed by atoms with Gasteiger partial charge in [0.05, 0.1) is 4.90 Å². The summed E-state index contributed by atoms with van der Waals surface area (Å²) in [5, 5.41) is 13.5. The molecule has 3 heterocycles. The minimum Gasteiger partial charge on any atom is -0.366 e. The molecule has 0 amide bonds. The summed E-state index contributed by atoms with van der Waals surface area (Å²) in [5.74, 6) is 0.522. The highest BCUT2D eigenvalue weighted by atomic mass is 32.2. The van der Waals surface area contributed by atoms with Crippen molar-refractivity contribution in [3.8, 4) is 17.2 Å². The predicted octanol–water partition coefficient (Wildman–Crippen LogP) is 4.82. The molecule has 0 radical (unpaired) electrons. The number of benzene rings is 2. The van der Waals surface area contributed by atoms with E-state index in [9.17, 15) is 13.7 Å². The van der Waals surface area contributed by atoms with Gasteiger partial charge in [0.25, 0.3) is 10.0 Å². The number of aromatic nitrogens is 3. The van der Waals surface area contributed by atoms with Crippen molar-refractivity contribution in [1.29, 1.82) is 5.26 Å². The van der Waals surface area contributed by atoms with Crippen LogP contribution in [0.5, 0.6) is 0 Å². The molecule has 1 N–H and O–H groups in total. The van der Waals surface area contributed by atoms with Gasteiger partial charge < -0.3 is 5.32 Å². The smallest absolute Gasteiger partial charge is 0.269 e.